The average Bonchev–Trinajstić information content (AvgIpc) is 3.70. The van der Waals surface area contributed by atoms with Gasteiger partial charge in [0.05, 0.1) is 9.88 Å². The molecule has 4 aromatic rings. The molecule has 37 heavy (non-hydrogen) atoms. The molecule has 5 nitrogen and oxygen atoms in total. The summed E-state index contributed by atoms with van der Waals surface area (Å²) >= 11 is 1.55. The predicted molar refractivity (Wildman–Crippen MR) is 144 cm³/mol. The number of nitrogens with zero attached hydrogens (tertiary/aromatic N) is 2. The van der Waals surface area contributed by atoms with Crippen LogP contribution in [-0.4, -0.2) is 40.8 Å². The minimum atomic E-state index is -0.304. The summed E-state index contributed by atoms with van der Waals surface area (Å²) in [6.45, 7) is 1.02. The minimum absolute atomic E-state index is 0.104. The Hall–Kier alpha value is -3.58. The molecule has 1 atom stereocenters. The van der Waals surface area contributed by atoms with E-state index >= 15 is 0 Å². The van der Waals surface area contributed by atoms with Crippen molar-refractivity contribution in [2.24, 2.45) is 0 Å². The van der Waals surface area contributed by atoms with E-state index in [0.717, 1.165) is 58.3 Å². The van der Waals surface area contributed by atoms with E-state index < -0.39 is 0 Å². The molecule has 1 aromatic heterocycles. The van der Waals surface area contributed by atoms with E-state index in [1.165, 1.54) is 12.1 Å². The summed E-state index contributed by atoms with van der Waals surface area (Å²) in [5, 5.41) is 6.01. The summed E-state index contributed by atoms with van der Waals surface area (Å²) < 4.78 is 13.6. The smallest absolute Gasteiger partial charge is 0.274 e. The van der Waals surface area contributed by atoms with Gasteiger partial charge in [0.2, 0.25) is 0 Å². The van der Waals surface area contributed by atoms with Gasteiger partial charge in [0.15, 0.2) is 0 Å². The number of thiazole rings is 1. The summed E-state index contributed by atoms with van der Waals surface area (Å²) in [5.74, 6) is -0.123. The van der Waals surface area contributed by atoms with Crippen molar-refractivity contribution in [1.82, 2.24) is 15.2 Å². The van der Waals surface area contributed by atoms with Crippen LogP contribution in [0.2, 0.25) is 0 Å². The van der Waals surface area contributed by atoms with Crippen LogP contribution >= 0.6 is 11.3 Å². The lowest BCUT2D eigenvalue weighted by molar-refractivity contribution is 0.0598. The third kappa shape index (κ3) is 4.88. The molecule has 1 saturated carbocycles. The number of halogens is 1. The Morgan fingerprint density at radius 3 is 2.57 bits per heavy atom. The number of nitrogens with one attached hydrogen (secondary N) is 1. The first-order valence-electron chi connectivity index (χ1n) is 12.9. The number of hydrogen-bond acceptors (Lipinski definition) is 4. The Morgan fingerprint density at radius 1 is 0.973 bits per heavy atom. The SMILES string of the molecule is O=C(NC[C@@H]1CCCCN1C(=O)c1nc(C2CC2)sc1-c1ccc(F)cc1)c1cccc2ccccc12. The first-order chi connectivity index (χ1) is 18.1. The van der Waals surface area contributed by atoms with Crippen molar-refractivity contribution in [3.8, 4) is 10.4 Å². The molecule has 0 radical (unpaired) electrons. The van der Waals surface area contributed by atoms with Gasteiger partial charge in [-0.15, -0.1) is 11.3 Å². The van der Waals surface area contributed by atoms with Gasteiger partial charge in [-0.3, -0.25) is 9.59 Å². The van der Waals surface area contributed by atoms with Crippen molar-refractivity contribution in [2.45, 2.75) is 44.1 Å². The number of likely N-dealkylation sites (tertiary alicyclic amines) is 1. The van der Waals surface area contributed by atoms with Crippen LogP contribution in [0.4, 0.5) is 4.39 Å². The highest BCUT2D eigenvalue weighted by Gasteiger charge is 2.34. The lowest BCUT2D eigenvalue weighted by Crippen LogP contribution is -2.49. The second kappa shape index (κ2) is 10.1. The van der Waals surface area contributed by atoms with Crippen LogP contribution in [0, 0.1) is 5.82 Å². The maximum Gasteiger partial charge on any atom is 0.274 e. The number of carbonyl (C=O) groups excluding carboxylic acids is 2. The van der Waals surface area contributed by atoms with Gasteiger partial charge in [0, 0.05) is 30.6 Å². The van der Waals surface area contributed by atoms with E-state index in [4.69, 9.17) is 4.98 Å². The maximum absolute atomic E-state index is 13.9. The van der Waals surface area contributed by atoms with Gasteiger partial charge in [0.1, 0.15) is 11.5 Å². The van der Waals surface area contributed by atoms with E-state index in [-0.39, 0.29) is 23.7 Å². The fourth-order valence-electron chi connectivity index (χ4n) is 5.13. The molecule has 1 aliphatic carbocycles. The van der Waals surface area contributed by atoms with E-state index in [2.05, 4.69) is 5.32 Å². The standard InChI is InChI=1S/C30H28FN3O2S/c31-22-15-13-20(14-16-22)27-26(33-29(37-27)21-11-12-21)30(36)34-17-4-3-8-23(34)18-32-28(35)25-10-5-7-19-6-1-2-9-24(19)25/h1-2,5-7,9-10,13-16,21,23H,3-4,8,11-12,17-18H2,(H,32,35)/t23-/m0/s1. The van der Waals surface area contributed by atoms with Crippen LogP contribution in [0.3, 0.4) is 0 Å². The second-order valence-corrected chi connectivity index (χ2v) is 10.9. The van der Waals surface area contributed by atoms with Crippen molar-refractivity contribution >= 4 is 33.9 Å². The van der Waals surface area contributed by atoms with Crippen LogP contribution in [0.5, 0.6) is 0 Å². The molecular weight excluding hydrogens is 485 g/mol. The van der Waals surface area contributed by atoms with Crippen LogP contribution in [0.15, 0.2) is 66.7 Å². The first kappa shape index (κ1) is 23.8. The number of amides is 2. The largest absolute Gasteiger partial charge is 0.350 e. The maximum atomic E-state index is 13.9. The Morgan fingerprint density at radius 2 is 1.76 bits per heavy atom. The van der Waals surface area contributed by atoms with Gasteiger partial charge in [-0.25, -0.2) is 9.37 Å². The van der Waals surface area contributed by atoms with Gasteiger partial charge >= 0.3 is 0 Å². The summed E-state index contributed by atoms with van der Waals surface area (Å²) in [7, 11) is 0. The number of aromatic nitrogens is 1. The molecule has 7 heteroatoms. The molecule has 1 saturated heterocycles. The molecule has 188 valence electrons. The van der Waals surface area contributed by atoms with Gasteiger partial charge in [0.25, 0.3) is 11.8 Å². The van der Waals surface area contributed by atoms with Crippen LogP contribution in [-0.2, 0) is 0 Å². The topological polar surface area (TPSA) is 62.3 Å². The van der Waals surface area contributed by atoms with Crippen molar-refractivity contribution in [3.05, 3.63) is 88.8 Å². The zero-order valence-corrected chi connectivity index (χ0v) is 21.3. The number of rotatable bonds is 6. The molecule has 6 rings (SSSR count). The third-order valence-corrected chi connectivity index (χ3v) is 8.57. The van der Waals surface area contributed by atoms with Gasteiger partial charge in [-0.2, -0.15) is 0 Å². The Balaban J connectivity index is 1.24. The lowest BCUT2D eigenvalue weighted by Gasteiger charge is -2.35. The summed E-state index contributed by atoms with van der Waals surface area (Å²) in [5.41, 5.74) is 1.90. The number of fused-ring (bicyclic) bond motifs is 1. The highest BCUT2D eigenvalue weighted by Crippen LogP contribution is 2.45. The lowest BCUT2D eigenvalue weighted by atomic mass is 10.00. The average molecular weight is 514 g/mol. The van der Waals surface area contributed by atoms with Gasteiger partial charge in [-0.1, -0.05) is 48.5 Å². The van der Waals surface area contributed by atoms with E-state index in [1.54, 1.807) is 23.5 Å². The quantitative estimate of drug-likeness (QED) is 0.324. The number of hydrogen-bond donors (Lipinski definition) is 1. The zero-order chi connectivity index (χ0) is 25.4. The van der Waals surface area contributed by atoms with Gasteiger partial charge in [-0.05, 0) is 66.6 Å². The van der Waals surface area contributed by atoms with E-state index in [0.29, 0.717) is 30.3 Å². The molecule has 1 N–H and O–H groups in total. The zero-order valence-electron chi connectivity index (χ0n) is 20.5. The molecule has 0 bridgehead atoms. The molecule has 0 spiro atoms. The molecule has 2 amide bonds. The molecule has 3 aromatic carbocycles. The van der Waals surface area contributed by atoms with Crippen molar-refractivity contribution in [1.29, 1.82) is 0 Å². The molecule has 1 aliphatic heterocycles. The molecule has 2 aliphatic rings. The first-order valence-corrected chi connectivity index (χ1v) is 13.7. The fraction of sp³-hybridized carbons (Fsp3) is 0.300. The van der Waals surface area contributed by atoms with Crippen LogP contribution in [0.1, 0.15) is 63.9 Å². The number of carbonyl (C=O) groups is 2. The normalized spacial score (nSPS) is 17.6. The molecule has 2 fully saturated rings. The van der Waals surface area contributed by atoms with Crippen LogP contribution in [0.25, 0.3) is 21.2 Å². The van der Waals surface area contributed by atoms with E-state index in [1.807, 2.05) is 47.4 Å². The third-order valence-electron chi connectivity index (χ3n) is 7.30. The Bertz CT molecular complexity index is 1460. The molecule has 0 unspecified atom stereocenters. The van der Waals surface area contributed by atoms with Crippen LogP contribution < -0.4 is 5.32 Å². The monoisotopic (exact) mass is 513 g/mol. The fourth-order valence-corrected chi connectivity index (χ4v) is 6.36. The minimum Gasteiger partial charge on any atom is -0.350 e. The molecular formula is C30H28FN3O2S. The van der Waals surface area contributed by atoms with Crippen molar-refractivity contribution in [2.75, 3.05) is 13.1 Å². The second-order valence-electron chi connectivity index (χ2n) is 9.90. The Labute approximate surface area is 219 Å². The summed E-state index contributed by atoms with van der Waals surface area (Å²) in [4.78, 5) is 34.5. The highest BCUT2D eigenvalue weighted by molar-refractivity contribution is 7.15. The number of benzene rings is 3. The van der Waals surface area contributed by atoms with Crippen molar-refractivity contribution < 1.29 is 14.0 Å². The van der Waals surface area contributed by atoms with Gasteiger partial charge < -0.3 is 10.2 Å². The highest BCUT2D eigenvalue weighted by atomic mass is 32.1. The predicted octanol–water partition coefficient (Wildman–Crippen LogP) is 6.40. The summed E-state index contributed by atoms with van der Waals surface area (Å²) in [6, 6.07) is 19.7. The Kier molecular flexibility index (Phi) is 6.47. The van der Waals surface area contributed by atoms with Crippen molar-refractivity contribution in [3.63, 3.8) is 0 Å². The number of piperidine rings is 1. The summed E-state index contributed by atoms with van der Waals surface area (Å²) in [6.07, 6.45) is 4.94. The molecule has 2 heterocycles. The van der Waals surface area contributed by atoms with E-state index in [9.17, 15) is 14.0 Å².